The molecule has 2 atom stereocenters. The molecule has 0 radical (unpaired) electrons. The van der Waals surface area contributed by atoms with E-state index in [0.29, 0.717) is 24.1 Å². The zero-order chi connectivity index (χ0) is 50.5. The molecule has 0 aliphatic heterocycles. The first kappa shape index (κ1) is 67.5. The van der Waals surface area contributed by atoms with Crippen LogP contribution in [0.5, 0.6) is 0 Å². The van der Waals surface area contributed by atoms with Crippen LogP contribution in [-0.4, -0.2) is 75.6 Å². The zero-order valence-corrected chi connectivity index (χ0v) is 47.2. The molecule has 0 aliphatic carbocycles. The highest BCUT2D eigenvalue weighted by molar-refractivity contribution is 7.47. The minimum Gasteiger partial charge on any atom is -0.457 e. The van der Waals surface area contributed by atoms with Crippen LogP contribution in [0.3, 0.4) is 0 Å². The van der Waals surface area contributed by atoms with Crippen LogP contribution in [0.2, 0.25) is 0 Å². The largest absolute Gasteiger partial charge is 0.472 e. The lowest BCUT2D eigenvalue weighted by Crippen LogP contribution is -2.37. The Kier molecular flexibility index (Phi) is 51.6. The number of ether oxygens (including phenoxy) is 2. The van der Waals surface area contributed by atoms with Gasteiger partial charge >= 0.3 is 13.8 Å². The van der Waals surface area contributed by atoms with E-state index in [1.165, 1.54) is 193 Å². The number of carbonyl (C=O) groups is 1. The molecule has 0 aliphatic rings. The van der Waals surface area contributed by atoms with Gasteiger partial charge in [0.2, 0.25) is 0 Å². The second-order valence-corrected chi connectivity index (χ2v) is 22.5. The lowest BCUT2D eigenvalue weighted by Gasteiger charge is -2.24. The SMILES string of the molecule is CC/C=C\C/C=C\C/C=C\C/C=C\CCCCCCCCCCCCCOCC(COP(=O)(O)OCC[N+](C)(C)C)OC(=O)CCCCCCCCCCCCCCCCCCCCCCCCC. The van der Waals surface area contributed by atoms with Crippen molar-refractivity contribution in [2.75, 3.05) is 54.1 Å². The lowest BCUT2D eigenvalue weighted by atomic mass is 10.0. The molecule has 0 saturated heterocycles. The van der Waals surface area contributed by atoms with E-state index < -0.39 is 13.9 Å². The van der Waals surface area contributed by atoms with Crippen LogP contribution in [0.4, 0.5) is 0 Å². The van der Waals surface area contributed by atoms with E-state index in [1.807, 2.05) is 21.1 Å². The molecule has 0 heterocycles. The number of allylic oxidation sites excluding steroid dienone is 8. The van der Waals surface area contributed by atoms with Gasteiger partial charge < -0.3 is 18.9 Å². The minimum atomic E-state index is -4.29. The van der Waals surface area contributed by atoms with Crippen LogP contribution < -0.4 is 0 Å². The van der Waals surface area contributed by atoms with Crippen molar-refractivity contribution in [1.29, 1.82) is 0 Å². The van der Waals surface area contributed by atoms with Gasteiger partial charge in [0.1, 0.15) is 19.3 Å². The maximum Gasteiger partial charge on any atom is 0.472 e. The predicted octanol–water partition coefficient (Wildman–Crippen LogP) is 18.6. The molecule has 0 fully saturated rings. The van der Waals surface area contributed by atoms with Gasteiger partial charge in [-0.15, -0.1) is 0 Å². The molecule has 1 N–H and O–H groups in total. The van der Waals surface area contributed by atoms with E-state index in [9.17, 15) is 14.3 Å². The summed E-state index contributed by atoms with van der Waals surface area (Å²) >= 11 is 0. The predicted molar refractivity (Wildman–Crippen MR) is 298 cm³/mol. The summed E-state index contributed by atoms with van der Waals surface area (Å²) in [5.41, 5.74) is 0. The van der Waals surface area contributed by atoms with E-state index >= 15 is 0 Å². The van der Waals surface area contributed by atoms with Gasteiger partial charge in [-0.05, 0) is 51.4 Å². The normalized spacial score (nSPS) is 13.8. The van der Waals surface area contributed by atoms with Crippen molar-refractivity contribution in [1.82, 2.24) is 0 Å². The molecule has 0 spiro atoms. The quantitative estimate of drug-likeness (QED) is 0.0213. The maximum absolute atomic E-state index is 12.8. The standard InChI is InChI=1S/C60H114NO7P/c1-6-8-10-12-14-16-18-20-22-24-26-28-30-32-34-36-38-40-42-44-46-48-50-52-55-65-57-59(58-67-69(63,64)66-56-54-61(3,4)5)68-60(62)53-51-49-47-45-43-41-39-37-35-33-31-29-27-25-23-21-19-17-15-13-11-9-7-2/h8,10,14,16,20,22,26,28,59H,6-7,9,11-13,15,17-19,21,23-25,27,29-58H2,1-5H3/p+1/b10-8-,16-14-,22-20-,28-26-. The van der Waals surface area contributed by atoms with Gasteiger partial charge in [0.15, 0.2) is 0 Å². The summed E-state index contributed by atoms with van der Waals surface area (Å²) in [4.78, 5) is 23.1. The van der Waals surface area contributed by atoms with Gasteiger partial charge in [-0.3, -0.25) is 13.8 Å². The van der Waals surface area contributed by atoms with Gasteiger partial charge in [-0.25, -0.2) is 4.57 Å². The Morgan fingerprint density at radius 2 is 0.841 bits per heavy atom. The summed E-state index contributed by atoms with van der Waals surface area (Å²) in [5, 5.41) is 0. The molecule has 0 rings (SSSR count). The van der Waals surface area contributed by atoms with Gasteiger partial charge in [0, 0.05) is 13.0 Å². The van der Waals surface area contributed by atoms with Crippen molar-refractivity contribution >= 4 is 13.8 Å². The van der Waals surface area contributed by atoms with E-state index in [-0.39, 0.29) is 25.8 Å². The van der Waals surface area contributed by atoms with Crippen molar-refractivity contribution in [2.24, 2.45) is 0 Å². The monoisotopic (exact) mass is 993 g/mol. The third kappa shape index (κ3) is 57.2. The van der Waals surface area contributed by atoms with Gasteiger partial charge in [0.05, 0.1) is 34.4 Å². The first-order chi connectivity index (χ1) is 33.6. The highest BCUT2D eigenvalue weighted by atomic mass is 31.2. The number of rotatable bonds is 55. The summed E-state index contributed by atoms with van der Waals surface area (Å²) in [6.45, 7) is 5.56. The third-order valence-corrected chi connectivity index (χ3v) is 13.9. The summed E-state index contributed by atoms with van der Waals surface area (Å²) in [7, 11) is 1.68. The molecule has 69 heavy (non-hydrogen) atoms. The maximum atomic E-state index is 12.8. The van der Waals surface area contributed by atoms with Crippen LogP contribution in [0.1, 0.15) is 271 Å². The first-order valence-corrected chi connectivity index (χ1v) is 30.9. The Balaban J connectivity index is 4.04. The van der Waals surface area contributed by atoms with Crippen LogP contribution in [0.15, 0.2) is 48.6 Å². The number of esters is 1. The number of hydrogen-bond donors (Lipinski definition) is 1. The molecular formula is C60H115NO7P+. The number of quaternary nitrogens is 1. The number of carbonyl (C=O) groups excluding carboxylic acids is 1. The average molecular weight is 994 g/mol. The summed E-state index contributed by atoms with van der Waals surface area (Å²) in [5.74, 6) is -0.309. The number of unbranched alkanes of at least 4 members (excludes halogenated alkanes) is 33. The van der Waals surface area contributed by atoms with Gasteiger partial charge in [0.25, 0.3) is 0 Å². The number of phosphoric ester groups is 1. The Labute approximate surface area is 428 Å². The molecule has 2 unspecified atom stereocenters. The Morgan fingerprint density at radius 3 is 1.26 bits per heavy atom. The fourth-order valence-electron chi connectivity index (χ4n) is 8.43. The number of hydrogen-bond acceptors (Lipinski definition) is 6. The molecule has 0 bridgehead atoms. The number of phosphoric acid groups is 1. The fraction of sp³-hybridized carbons (Fsp3) is 0.850. The van der Waals surface area contributed by atoms with Crippen molar-refractivity contribution in [3.63, 3.8) is 0 Å². The highest BCUT2D eigenvalue weighted by Gasteiger charge is 2.26. The average Bonchev–Trinajstić information content (AvgIpc) is 3.31. The van der Waals surface area contributed by atoms with Crippen molar-refractivity contribution in [3.8, 4) is 0 Å². The van der Waals surface area contributed by atoms with Crippen LogP contribution >= 0.6 is 7.82 Å². The van der Waals surface area contributed by atoms with Gasteiger partial charge in [-0.1, -0.05) is 262 Å². The van der Waals surface area contributed by atoms with Crippen LogP contribution in [0.25, 0.3) is 0 Å². The van der Waals surface area contributed by atoms with E-state index in [1.54, 1.807) is 0 Å². The van der Waals surface area contributed by atoms with E-state index in [4.69, 9.17) is 18.5 Å². The summed E-state index contributed by atoms with van der Waals surface area (Å²) in [6.07, 6.45) is 67.5. The van der Waals surface area contributed by atoms with E-state index in [2.05, 4.69) is 62.5 Å². The molecule has 8 nitrogen and oxygen atoms in total. The van der Waals surface area contributed by atoms with Crippen LogP contribution in [-0.2, 0) is 27.9 Å². The number of nitrogens with zero attached hydrogens (tertiary/aromatic N) is 1. The lowest BCUT2D eigenvalue weighted by molar-refractivity contribution is -0.870. The molecule has 0 aromatic rings. The highest BCUT2D eigenvalue weighted by Crippen LogP contribution is 2.43. The number of likely N-dealkylation sites (N-methyl/N-ethyl adjacent to an activating group) is 1. The molecule has 0 aromatic heterocycles. The van der Waals surface area contributed by atoms with Crippen molar-refractivity contribution in [3.05, 3.63) is 48.6 Å². The zero-order valence-electron chi connectivity index (χ0n) is 46.3. The molecular weight excluding hydrogens is 878 g/mol. The third-order valence-electron chi connectivity index (χ3n) is 12.9. The smallest absolute Gasteiger partial charge is 0.457 e. The molecule has 0 amide bonds. The second kappa shape index (κ2) is 52.8. The minimum absolute atomic E-state index is 0.0888. The summed E-state index contributed by atoms with van der Waals surface area (Å²) < 4.78 is 35.3. The molecule has 0 saturated carbocycles. The topological polar surface area (TPSA) is 91.3 Å². The second-order valence-electron chi connectivity index (χ2n) is 21.0. The molecule has 406 valence electrons. The Morgan fingerprint density at radius 1 is 0.464 bits per heavy atom. The fourth-order valence-corrected chi connectivity index (χ4v) is 9.17. The Hall–Kier alpha value is -1.54. The van der Waals surface area contributed by atoms with Crippen LogP contribution in [0, 0.1) is 0 Å². The Bertz CT molecular complexity index is 1240. The molecule has 0 aromatic carbocycles. The summed E-state index contributed by atoms with van der Waals surface area (Å²) in [6, 6.07) is 0. The van der Waals surface area contributed by atoms with Gasteiger partial charge in [-0.2, -0.15) is 0 Å². The van der Waals surface area contributed by atoms with Crippen molar-refractivity contribution < 1.29 is 37.3 Å². The van der Waals surface area contributed by atoms with Crippen molar-refractivity contribution in [2.45, 2.75) is 277 Å². The van der Waals surface area contributed by atoms with E-state index in [0.717, 1.165) is 57.8 Å². The molecule has 9 heteroatoms. The first-order valence-electron chi connectivity index (χ1n) is 29.4.